The predicted octanol–water partition coefficient (Wildman–Crippen LogP) is 3.85. The van der Waals surface area contributed by atoms with Crippen molar-refractivity contribution in [3.63, 3.8) is 0 Å². The van der Waals surface area contributed by atoms with Crippen LogP contribution in [0.25, 0.3) is 10.9 Å². The number of rotatable bonds is 5. The molecule has 1 fully saturated rings. The number of hydrogen-bond donors (Lipinski definition) is 4. The van der Waals surface area contributed by atoms with Crippen molar-refractivity contribution in [3.05, 3.63) is 48.2 Å². The molecular formula is C20H24N6O. The van der Waals surface area contributed by atoms with Crippen molar-refractivity contribution in [3.8, 4) is 0 Å². The zero-order chi connectivity index (χ0) is 18.6. The lowest BCUT2D eigenvalue weighted by molar-refractivity contribution is 0.247. The highest BCUT2D eigenvalue weighted by molar-refractivity contribution is 5.94. The third-order valence-corrected chi connectivity index (χ3v) is 5.09. The first-order valence-electron chi connectivity index (χ1n) is 9.45. The Morgan fingerprint density at radius 2 is 2.11 bits per heavy atom. The Balaban J connectivity index is 1.42. The Bertz CT molecular complexity index is 923. The van der Waals surface area contributed by atoms with E-state index in [-0.39, 0.29) is 12.1 Å². The van der Waals surface area contributed by atoms with E-state index in [1.54, 1.807) is 12.3 Å². The van der Waals surface area contributed by atoms with Crippen molar-refractivity contribution in [2.24, 2.45) is 0 Å². The molecule has 0 saturated heterocycles. The molecule has 140 valence electrons. The normalized spacial score (nSPS) is 19.1. The molecule has 7 heteroatoms. The van der Waals surface area contributed by atoms with Crippen LogP contribution < -0.4 is 16.0 Å². The van der Waals surface area contributed by atoms with Gasteiger partial charge in [0.1, 0.15) is 5.82 Å². The average Bonchev–Trinajstić information content (AvgIpc) is 3.30. The molecule has 0 radical (unpaired) electrons. The van der Waals surface area contributed by atoms with E-state index in [2.05, 4.69) is 55.4 Å². The largest absolute Gasteiger partial charge is 0.368 e. The smallest absolute Gasteiger partial charge is 0.320 e. The molecule has 2 aromatic heterocycles. The number of urea groups is 1. The first-order valence-corrected chi connectivity index (χ1v) is 9.45. The van der Waals surface area contributed by atoms with Crippen LogP contribution in [0.2, 0.25) is 0 Å². The van der Waals surface area contributed by atoms with E-state index < -0.39 is 0 Å². The van der Waals surface area contributed by atoms with Gasteiger partial charge in [-0.25, -0.2) is 9.78 Å². The summed E-state index contributed by atoms with van der Waals surface area (Å²) >= 11 is 0. The highest BCUT2D eigenvalue weighted by Gasteiger charge is 2.29. The van der Waals surface area contributed by atoms with Gasteiger partial charge in [0.05, 0.1) is 10.9 Å². The fraction of sp³-hybridized carbons (Fsp3) is 0.350. The Labute approximate surface area is 158 Å². The first kappa shape index (κ1) is 17.3. The molecule has 1 aliphatic rings. The van der Waals surface area contributed by atoms with Gasteiger partial charge < -0.3 is 10.6 Å². The molecule has 2 unspecified atom stereocenters. The average molecular weight is 364 g/mol. The highest BCUT2D eigenvalue weighted by atomic mass is 16.2. The topological polar surface area (TPSA) is 94.7 Å². The van der Waals surface area contributed by atoms with Crippen molar-refractivity contribution >= 4 is 28.6 Å². The zero-order valence-corrected chi connectivity index (χ0v) is 15.3. The zero-order valence-electron chi connectivity index (χ0n) is 15.3. The number of H-pyrrole nitrogens is 1. The summed E-state index contributed by atoms with van der Waals surface area (Å²) in [5.41, 5.74) is 2.12. The van der Waals surface area contributed by atoms with Crippen LogP contribution in [0.5, 0.6) is 0 Å². The molecule has 2 amide bonds. The van der Waals surface area contributed by atoms with Crippen LogP contribution in [-0.2, 0) is 0 Å². The van der Waals surface area contributed by atoms with Crippen molar-refractivity contribution < 1.29 is 4.79 Å². The molecule has 0 bridgehead atoms. The number of aromatic amines is 1. The van der Waals surface area contributed by atoms with Crippen LogP contribution in [0.15, 0.2) is 42.6 Å². The lowest BCUT2D eigenvalue weighted by Gasteiger charge is -2.21. The Morgan fingerprint density at radius 3 is 2.93 bits per heavy atom. The number of carbonyl (C=O) groups is 1. The highest BCUT2D eigenvalue weighted by Crippen LogP contribution is 2.34. The number of hydrogen-bond acceptors (Lipinski definition) is 4. The molecule has 0 spiro atoms. The quantitative estimate of drug-likeness (QED) is 0.553. The molecule has 3 aromatic rings. The van der Waals surface area contributed by atoms with E-state index in [9.17, 15) is 4.79 Å². The van der Waals surface area contributed by atoms with Gasteiger partial charge in [0.15, 0.2) is 5.82 Å². The lowest BCUT2D eigenvalue weighted by Crippen LogP contribution is -2.39. The van der Waals surface area contributed by atoms with Crippen LogP contribution in [0.1, 0.15) is 37.7 Å². The molecule has 2 heterocycles. The van der Waals surface area contributed by atoms with Crippen molar-refractivity contribution in [2.75, 3.05) is 17.2 Å². The summed E-state index contributed by atoms with van der Waals surface area (Å²) in [6.45, 7) is 2.80. The maximum absolute atomic E-state index is 12.5. The summed E-state index contributed by atoms with van der Waals surface area (Å²) in [7, 11) is 0. The molecule has 2 atom stereocenters. The third-order valence-electron chi connectivity index (χ3n) is 5.09. The third kappa shape index (κ3) is 3.72. The van der Waals surface area contributed by atoms with Crippen molar-refractivity contribution in [2.45, 2.75) is 38.1 Å². The summed E-state index contributed by atoms with van der Waals surface area (Å²) in [6.07, 6.45) is 4.93. The second-order valence-electron chi connectivity index (χ2n) is 6.87. The van der Waals surface area contributed by atoms with Gasteiger partial charge in [-0.2, -0.15) is 5.10 Å². The van der Waals surface area contributed by atoms with Crippen LogP contribution in [0.4, 0.5) is 16.4 Å². The number of amides is 2. The number of carbonyl (C=O) groups excluding carboxylic acids is 1. The molecule has 1 saturated carbocycles. The van der Waals surface area contributed by atoms with Gasteiger partial charge in [0.2, 0.25) is 0 Å². The number of nitrogens with zero attached hydrogens (tertiary/aromatic N) is 2. The molecule has 27 heavy (non-hydrogen) atoms. The van der Waals surface area contributed by atoms with Crippen LogP contribution >= 0.6 is 0 Å². The number of aromatic nitrogens is 3. The van der Waals surface area contributed by atoms with Gasteiger partial charge in [-0.05, 0) is 25.3 Å². The molecular weight excluding hydrogens is 340 g/mol. The monoisotopic (exact) mass is 364 g/mol. The maximum Gasteiger partial charge on any atom is 0.320 e. The van der Waals surface area contributed by atoms with E-state index in [1.807, 2.05) is 13.0 Å². The molecule has 0 aliphatic heterocycles. The number of pyridine rings is 1. The SMILES string of the molecule is CCNc1n[nH]c2cc(NC(=O)NC3CCCC3c3ccccc3)ncc12. The minimum atomic E-state index is -0.221. The minimum Gasteiger partial charge on any atom is -0.368 e. The molecule has 4 N–H and O–H groups in total. The van der Waals surface area contributed by atoms with Gasteiger partial charge in [0.25, 0.3) is 0 Å². The Hall–Kier alpha value is -3.09. The Kier molecular flexibility index (Phi) is 4.91. The van der Waals surface area contributed by atoms with Crippen LogP contribution in [0, 0.1) is 0 Å². The van der Waals surface area contributed by atoms with E-state index in [0.717, 1.165) is 42.5 Å². The number of nitrogens with one attached hydrogen (secondary N) is 4. The van der Waals surface area contributed by atoms with Gasteiger partial charge in [-0.3, -0.25) is 10.4 Å². The number of benzene rings is 1. The van der Waals surface area contributed by atoms with Gasteiger partial charge >= 0.3 is 6.03 Å². The summed E-state index contributed by atoms with van der Waals surface area (Å²) < 4.78 is 0. The summed E-state index contributed by atoms with van der Waals surface area (Å²) in [4.78, 5) is 16.8. The Morgan fingerprint density at radius 1 is 1.26 bits per heavy atom. The van der Waals surface area contributed by atoms with E-state index in [4.69, 9.17) is 0 Å². The van der Waals surface area contributed by atoms with E-state index in [1.165, 1.54) is 5.56 Å². The molecule has 7 nitrogen and oxygen atoms in total. The minimum absolute atomic E-state index is 0.142. The van der Waals surface area contributed by atoms with Crippen molar-refractivity contribution in [1.82, 2.24) is 20.5 Å². The lowest BCUT2D eigenvalue weighted by atomic mass is 9.94. The fourth-order valence-electron chi connectivity index (χ4n) is 3.84. The second kappa shape index (κ2) is 7.65. The van der Waals surface area contributed by atoms with Gasteiger partial charge in [0, 0.05) is 30.8 Å². The fourth-order valence-corrected chi connectivity index (χ4v) is 3.84. The number of fused-ring (bicyclic) bond motifs is 1. The molecule has 1 aliphatic carbocycles. The summed E-state index contributed by atoms with van der Waals surface area (Å²) in [5, 5.41) is 17.2. The predicted molar refractivity (Wildman–Crippen MR) is 107 cm³/mol. The van der Waals surface area contributed by atoms with E-state index >= 15 is 0 Å². The second-order valence-corrected chi connectivity index (χ2v) is 6.87. The molecule has 1 aromatic carbocycles. The molecule has 4 rings (SSSR count). The van der Waals surface area contributed by atoms with E-state index in [0.29, 0.717) is 11.7 Å². The summed E-state index contributed by atoms with van der Waals surface area (Å²) in [6, 6.07) is 12.1. The van der Waals surface area contributed by atoms with Gasteiger partial charge in [-0.1, -0.05) is 36.8 Å². The van der Waals surface area contributed by atoms with Gasteiger partial charge in [-0.15, -0.1) is 0 Å². The van der Waals surface area contributed by atoms with Crippen molar-refractivity contribution in [1.29, 1.82) is 0 Å². The first-order chi connectivity index (χ1) is 13.2. The number of anilines is 2. The van der Waals surface area contributed by atoms with Crippen LogP contribution in [-0.4, -0.2) is 33.8 Å². The maximum atomic E-state index is 12.5. The van der Waals surface area contributed by atoms with Crippen LogP contribution in [0.3, 0.4) is 0 Å². The standard InChI is InChI=1S/C20H24N6O/c1-2-21-19-15-12-22-18(11-17(15)25-26-19)24-20(27)23-16-10-6-9-14(16)13-7-4-3-5-8-13/h3-5,7-8,11-12,14,16H,2,6,9-10H2,1H3,(H2,21,25,26)(H2,22,23,24,27). The summed E-state index contributed by atoms with van der Waals surface area (Å²) in [5.74, 6) is 1.64.